The SMILES string of the molecule is O=C1CC(S(=O)(=O)F)CN1Cc1cc2ccccc2[nH]1. The molecule has 0 bridgehead atoms. The standard InChI is InChI=1S/C13H13FN2O3S/c14-20(18,19)11-6-13(17)16(8-11)7-10-5-9-3-1-2-4-12(9)15-10/h1-5,11,15H,6-8H2. The third-order valence-electron chi connectivity index (χ3n) is 3.52. The molecule has 1 N–H and O–H groups in total. The molecule has 1 aliphatic rings. The van der Waals surface area contributed by atoms with E-state index in [2.05, 4.69) is 4.98 Å². The van der Waals surface area contributed by atoms with Crippen LogP contribution in [0.3, 0.4) is 0 Å². The third kappa shape index (κ3) is 2.40. The Bertz CT molecular complexity index is 736. The predicted octanol–water partition coefficient (Wildman–Crippen LogP) is 1.57. The molecule has 1 aromatic heterocycles. The Morgan fingerprint density at radius 2 is 2.10 bits per heavy atom. The number of carbonyl (C=O) groups is 1. The molecule has 1 fully saturated rings. The average Bonchev–Trinajstić information content (AvgIpc) is 2.93. The highest BCUT2D eigenvalue weighted by Crippen LogP contribution is 2.23. The van der Waals surface area contributed by atoms with Crippen molar-refractivity contribution in [1.82, 2.24) is 9.88 Å². The normalized spacial score (nSPS) is 19.9. The van der Waals surface area contributed by atoms with E-state index in [-0.39, 0.29) is 25.4 Å². The summed E-state index contributed by atoms with van der Waals surface area (Å²) in [5.74, 6) is -0.338. The Hall–Kier alpha value is -1.89. The summed E-state index contributed by atoms with van der Waals surface area (Å²) in [6.45, 7) is 0.173. The Balaban J connectivity index is 1.79. The number of halogens is 1. The molecule has 1 atom stereocenters. The lowest BCUT2D eigenvalue weighted by molar-refractivity contribution is -0.128. The number of aromatic nitrogens is 1. The van der Waals surface area contributed by atoms with Gasteiger partial charge >= 0.3 is 10.2 Å². The number of likely N-dealkylation sites (tertiary alicyclic amines) is 1. The lowest BCUT2D eigenvalue weighted by Crippen LogP contribution is -2.26. The van der Waals surface area contributed by atoms with Gasteiger partial charge in [-0.05, 0) is 17.5 Å². The monoisotopic (exact) mass is 296 g/mol. The minimum absolute atomic E-state index is 0.0902. The molecule has 0 saturated carbocycles. The van der Waals surface area contributed by atoms with E-state index >= 15 is 0 Å². The first-order valence-corrected chi connectivity index (χ1v) is 7.66. The maximum Gasteiger partial charge on any atom is 0.307 e. The van der Waals surface area contributed by atoms with Gasteiger partial charge in [-0.15, -0.1) is 3.89 Å². The summed E-state index contributed by atoms with van der Waals surface area (Å²) >= 11 is 0. The van der Waals surface area contributed by atoms with Gasteiger partial charge in [-0.1, -0.05) is 18.2 Å². The predicted molar refractivity (Wildman–Crippen MR) is 72.1 cm³/mol. The Morgan fingerprint density at radius 1 is 1.35 bits per heavy atom. The van der Waals surface area contributed by atoms with Crippen molar-refractivity contribution in [2.75, 3.05) is 6.54 Å². The summed E-state index contributed by atoms with van der Waals surface area (Å²) in [5, 5.41) is -0.219. The second kappa shape index (κ2) is 4.59. The zero-order valence-electron chi connectivity index (χ0n) is 10.5. The number of para-hydroxylation sites is 1. The van der Waals surface area contributed by atoms with Gasteiger partial charge in [0.25, 0.3) is 0 Å². The largest absolute Gasteiger partial charge is 0.357 e. The van der Waals surface area contributed by atoms with E-state index in [1.165, 1.54) is 4.90 Å². The van der Waals surface area contributed by atoms with Gasteiger partial charge in [-0.25, -0.2) is 0 Å². The molecule has 0 radical (unpaired) electrons. The van der Waals surface area contributed by atoms with Crippen molar-refractivity contribution < 1.29 is 17.1 Å². The number of fused-ring (bicyclic) bond motifs is 1. The van der Waals surface area contributed by atoms with Crippen molar-refractivity contribution in [2.45, 2.75) is 18.2 Å². The van der Waals surface area contributed by atoms with Crippen LogP contribution in [0.1, 0.15) is 12.1 Å². The number of nitrogens with zero attached hydrogens (tertiary/aromatic N) is 1. The van der Waals surface area contributed by atoms with Crippen LogP contribution in [0.5, 0.6) is 0 Å². The first kappa shape index (κ1) is 13.1. The molecular formula is C13H13FN2O3S. The molecule has 2 heterocycles. The number of hydrogen-bond acceptors (Lipinski definition) is 3. The van der Waals surface area contributed by atoms with Gasteiger partial charge in [0.2, 0.25) is 5.91 Å². The van der Waals surface area contributed by atoms with Crippen LogP contribution in [0.4, 0.5) is 3.89 Å². The van der Waals surface area contributed by atoms with Crippen molar-refractivity contribution >= 4 is 27.0 Å². The molecule has 1 aliphatic heterocycles. The van der Waals surface area contributed by atoms with Crippen LogP contribution in [0, 0.1) is 0 Å². The first-order chi connectivity index (χ1) is 9.43. The number of amides is 1. The fourth-order valence-electron chi connectivity index (χ4n) is 2.50. The van der Waals surface area contributed by atoms with E-state index in [0.29, 0.717) is 0 Å². The van der Waals surface area contributed by atoms with Crippen LogP contribution in [0.25, 0.3) is 10.9 Å². The van der Waals surface area contributed by atoms with Gasteiger partial charge in [-0.2, -0.15) is 8.42 Å². The van der Waals surface area contributed by atoms with Gasteiger partial charge in [0.05, 0.1) is 6.54 Å². The third-order valence-corrected chi connectivity index (χ3v) is 4.64. The lowest BCUT2D eigenvalue weighted by Gasteiger charge is -2.14. The number of nitrogens with one attached hydrogen (secondary N) is 1. The van der Waals surface area contributed by atoms with Gasteiger partial charge in [0, 0.05) is 24.2 Å². The highest BCUT2D eigenvalue weighted by atomic mass is 32.3. The average molecular weight is 296 g/mol. The van der Waals surface area contributed by atoms with Crippen molar-refractivity contribution in [3.8, 4) is 0 Å². The van der Waals surface area contributed by atoms with Crippen molar-refractivity contribution in [1.29, 1.82) is 0 Å². The van der Waals surface area contributed by atoms with Crippen molar-refractivity contribution in [3.05, 3.63) is 36.0 Å². The number of benzene rings is 1. The topological polar surface area (TPSA) is 70.2 Å². The quantitative estimate of drug-likeness (QED) is 0.874. The van der Waals surface area contributed by atoms with Crippen molar-refractivity contribution in [2.24, 2.45) is 0 Å². The van der Waals surface area contributed by atoms with Gasteiger partial charge in [0.1, 0.15) is 5.25 Å². The first-order valence-electron chi connectivity index (χ1n) is 6.21. The van der Waals surface area contributed by atoms with Crippen LogP contribution in [-0.2, 0) is 21.6 Å². The number of aromatic amines is 1. The number of hydrogen-bond donors (Lipinski definition) is 1. The number of H-pyrrole nitrogens is 1. The molecule has 106 valence electrons. The lowest BCUT2D eigenvalue weighted by atomic mass is 10.2. The van der Waals surface area contributed by atoms with Crippen LogP contribution in [0.15, 0.2) is 30.3 Å². The number of carbonyl (C=O) groups excluding carboxylic acids is 1. The molecule has 7 heteroatoms. The van der Waals surface area contributed by atoms with Crippen LogP contribution < -0.4 is 0 Å². The molecule has 2 aromatic rings. The fourth-order valence-corrected chi connectivity index (χ4v) is 3.20. The zero-order valence-corrected chi connectivity index (χ0v) is 11.4. The maximum atomic E-state index is 12.9. The Kier molecular flexibility index (Phi) is 3.01. The summed E-state index contributed by atoms with van der Waals surface area (Å²) in [7, 11) is -4.66. The molecule has 20 heavy (non-hydrogen) atoms. The summed E-state index contributed by atoms with van der Waals surface area (Å²) in [6, 6.07) is 9.57. The summed E-state index contributed by atoms with van der Waals surface area (Å²) in [5.41, 5.74) is 1.75. The minimum Gasteiger partial charge on any atom is -0.357 e. The smallest absolute Gasteiger partial charge is 0.307 e. The Morgan fingerprint density at radius 3 is 2.75 bits per heavy atom. The molecular weight excluding hydrogens is 283 g/mol. The zero-order chi connectivity index (χ0) is 14.3. The maximum absolute atomic E-state index is 12.9. The summed E-state index contributed by atoms with van der Waals surface area (Å²) in [6.07, 6.45) is -0.279. The molecule has 1 unspecified atom stereocenters. The van der Waals surface area contributed by atoms with Gasteiger partial charge < -0.3 is 9.88 Å². The summed E-state index contributed by atoms with van der Waals surface area (Å²) in [4.78, 5) is 16.3. The molecule has 1 aromatic carbocycles. The Labute approximate surface area is 115 Å². The second-order valence-electron chi connectivity index (χ2n) is 4.96. The summed E-state index contributed by atoms with van der Waals surface area (Å²) < 4.78 is 34.7. The molecule has 1 amide bonds. The molecule has 0 spiro atoms. The van der Waals surface area contributed by atoms with Gasteiger partial charge in [-0.3, -0.25) is 4.79 Å². The van der Waals surface area contributed by atoms with Crippen LogP contribution >= 0.6 is 0 Å². The molecule has 0 aliphatic carbocycles. The fraction of sp³-hybridized carbons (Fsp3) is 0.308. The molecule has 1 saturated heterocycles. The van der Waals surface area contributed by atoms with E-state index in [0.717, 1.165) is 16.6 Å². The van der Waals surface area contributed by atoms with Crippen LogP contribution in [0.2, 0.25) is 0 Å². The second-order valence-corrected chi connectivity index (χ2v) is 6.58. The highest BCUT2D eigenvalue weighted by molar-refractivity contribution is 7.87. The van der Waals surface area contributed by atoms with E-state index in [1.54, 1.807) is 0 Å². The molecule has 3 rings (SSSR count). The minimum atomic E-state index is -4.66. The van der Waals surface area contributed by atoms with E-state index in [4.69, 9.17) is 0 Å². The van der Waals surface area contributed by atoms with E-state index in [9.17, 15) is 17.1 Å². The highest BCUT2D eigenvalue weighted by Gasteiger charge is 2.38. The van der Waals surface area contributed by atoms with E-state index in [1.807, 2.05) is 30.3 Å². The van der Waals surface area contributed by atoms with Gasteiger partial charge in [0.15, 0.2) is 0 Å². The molecule has 5 nitrogen and oxygen atoms in total. The number of rotatable bonds is 3. The van der Waals surface area contributed by atoms with E-state index < -0.39 is 15.5 Å². The van der Waals surface area contributed by atoms with Crippen molar-refractivity contribution in [3.63, 3.8) is 0 Å². The van der Waals surface area contributed by atoms with Crippen LogP contribution in [-0.4, -0.2) is 36.0 Å².